The van der Waals surface area contributed by atoms with Crippen molar-refractivity contribution in [2.24, 2.45) is 5.84 Å². The first kappa shape index (κ1) is 18.1. The van der Waals surface area contributed by atoms with Gasteiger partial charge in [-0.05, 0) is 75.0 Å². The summed E-state index contributed by atoms with van der Waals surface area (Å²) in [6, 6.07) is 8.78. The molecule has 1 amide bonds. The number of amides is 1. The second kappa shape index (κ2) is 8.00. The molecule has 8 heteroatoms. The first-order valence-corrected chi connectivity index (χ1v) is 8.90. The van der Waals surface area contributed by atoms with Crippen molar-refractivity contribution in [2.45, 2.75) is 6.61 Å². The van der Waals surface area contributed by atoms with Crippen molar-refractivity contribution in [1.29, 1.82) is 0 Å². The van der Waals surface area contributed by atoms with Crippen LogP contribution in [0.5, 0.6) is 5.75 Å². The maximum absolute atomic E-state index is 11.6. The van der Waals surface area contributed by atoms with Crippen LogP contribution in [-0.2, 0) is 6.61 Å². The van der Waals surface area contributed by atoms with E-state index in [1.807, 2.05) is 6.07 Å². The number of nitrogen functional groups attached to an aromatic ring is 1. The van der Waals surface area contributed by atoms with Crippen molar-refractivity contribution >= 4 is 74.3 Å². The highest BCUT2D eigenvalue weighted by Crippen LogP contribution is 2.30. The molecule has 3 N–H and O–H groups in total. The van der Waals surface area contributed by atoms with Gasteiger partial charge in [0.05, 0.1) is 17.2 Å². The zero-order chi connectivity index (χ0) is 16.3. The summed E-state index contributed by atoms with van der Waals surface area (Å²) < 4.78 is 7.48. The second-order valence-corrected chi connectivity index (χ2v) is 7.42. The van der Waals surface area contributed by atoms with Crippen molar-refractivity contribution in [3.05, 3.63) is 58.6 Å². The molecule has 0 saturated heterocycles. The predicted molar refractivity (Wildman–Crippen MR) is 104 cm³/mol. The summed E-state index contributed by atoms with van der Waals surface area (Å²) in [5, 5.41) is 0.994. The molecule has 0 atom stereocenters. The summed E-state index contributed by atoms with van der Waals surface area (Å²) in [7, 11) is 0. The van der Waals surface area contributed by atoms with Gasteiger partial charge in [-0.15, -0.1) is 0 Å². The summed E-state index contributed by atoms with van der Waals surface area (Å²) >= 11 is 16.1. The Morgan fingerprint density at radius 3 is 2.32 bits per heavy atom. The average Bonchev–Trinajstić information content (AvgIpc) is 2.48. The Morgan fingerprint density at radius 1 is 1.14 bits per heavy atom. The fourth-order valence-electron chi connectivity index (χ4n) is 1.70. The molecule has 0 radical (unpaired) electrons. The SMILES string of the molecule is NNC(=O)c1cc(I)c(OCc2ccc(Cl)c(Cl)c2)c(I)c1. The Morgan fingerprint density at radius 2 is 1.77 bits per heavy atom. The van der Waals surface area contributed by atoms with Crippen LogP contribution >= 0.6 is 68.4 Å². The number of carbonyl (C=O) groups excluding carboxylic acids is 1. The van der Waals surface area contributed by atoms with Crippen LogP contribution in [0, 0.1) is 7.14 Å². The first-order chi connectivity index (χ1) is 10.4. The fraction of sp³-hybridized carbons (Fsp3) is 0.0714. The monoisotopic (exact) mass is 562 g/mol. The zero-order valence-corrected chi connectivity index (χ0v) is 16.8. The van der Waals surface area contributed by atoms with E-state index in [4.69, 9.17) is 33.8 Å². The molecule has 0 aromatic heterocycles. The standard InChI is InChI=1S/C14H10Cl2I2N2O2/c15-9-2-1-7(3-10(9)16)6-22-13-11(17)4-8(5-12(13)18)14(21)20-19/h1-5H,6,19H2,(H,20,21). The van der Waals surface area contributed by atoms with Gasteiger partial charge in [-0.1, -0.05) is 29.3 Å². The third-order valence-corrected chi connectivity index (χ3v) is 5.10. The quantitative estimate of drug-likeness (QED) is 0.252. The zero-order valence-electron chi connectivity index (χ0n) is 11.0. The Balaban J connectivity index is 2.19. The smallest absolute Gasteiger partial charge is 0.265 e. The molecule has 0 heterocycles. The number of nitrogens with one attached hydrogen (secondary N) is 1. The number of hydrazine groups is 1. The van der Waals surface area contributed by atoms with Gasteiger partial charge >= 0.3 is 0 Å². The molecule has 22 heavy (non-hydrogen) atoms. The van der Waals surface area contributed by atoms with Gasteiger partial charge in [0, 0.05) is 5.56 Å². The number of carbonyl (C=O) groups is 1. The van der Waals surface area contributed by atoms with Crippen LogP contribution in [0.15, 0.2) is 30.3 Å². The van der Waals surface area contributed by atoms with Crippen LogP contribution < -0.4 is 16.0 Å². The summed E-state index contributed by atoms with van der Waals surface area (Å²) in [5.74, 6) is 5.51. The number of rotatable bonds is 4. The fourth-order valence-corrected chi connectivity index (χ4v) is 4.10. The van der Waals surface area contributed by atoms with Gasteiger partial charge in [0.1, 0.15) is 12.4 Å². The molecule has 0 aliphatic rings. The highest BCUT2D eigenvalue weighted by atomic mass is 127. The minimum Gasteiger partial charge on any atom is -0.487 e. The predicted octanol–water partition coefficient (Wildman–Crippen LogP) is 4.39. The Bertz CT molecular complexity index is 703. The molecule has 2 rings (SSSR count). The van der Waals surface area contributed by atoms with E-state index < -0.39 is 0 Å². The van der Waals surface area contributed by atoms with Gasteiger partial charge in [0.2, 0.25) is 0 Å². The minimum absolute atomic E-state index is 0.341. The van der Waals surface area contributed by atoms with Gasteiger partial charge in [0.15, 0.2) is 0 Å². The van der Waals surface area contributed by atoms with E-state index >= 15 is 0 Å². The van der Waals surface area contributed by atoms with Crippen LogP contribution in [0.1, 0.15) is 15.9 Å². The molecular formula is C14H10Cl2I2N2O2. The topological polar surface area (TPSA) is 64.3 Å². The van der Waals surface area contributed by atoms with Crippen LogP contribution in [0.2, 0.25) is 10.0 Å². The van der Waals surface area contributed by atoms with Gasteiger partial charge < -0.3 is 4.74 Å². The average molecular weight is 563 g/mol. The molecule has 0 bridgehead atoms. The maximum atomic E-state index is 11.6. The van der Waals surface area contributed by atoms with Crippen LogP contribution in [-0.4, -0.2) is 5.91 Å². The molecule has 0 saturated carbocycles. The highest BCUT2D eigenvalue weighted by Gasteiger charge is 2.13. The lowest BCUT2D eigenvalue weighted by molar-refractivity contribution is 0.0953. The normalized spacial score (nSPS) is 10.4. The highest BCUT2D eigenvalue weighted by molar-refractivity contribution is 14.1. The summed E-state index contributed by atoms with van der Waals surface area (Å²) in [4.78, 5) is 11.6. The Hall–Kier alpha value is -0.290. The molecule has 0 aliphatic heterocycles. The van der Waals surface area contributed by atoms with Crippen molar-refractivity contribution in [1.82, 2.24) is 5.43 Å². The first-order valence-electron chi connectivity index (χ1n) is 5.99. The lowest BCUT2D eigenvalue weighted by Crippen LogP contribution is -2.30. The number of ether oxygens (including phenoxy) is 1. The molecule has 2 aromatic rings. The number of nitrogens with two attached hydrogens (primary N) is 1. The van der Waals surface area contributed by atoms with E-state index in [1.165, 1.54) is 0 Å². The van der Waals surface area contributed by atoms with E-state index in [9.17, 15) is 4.79 Å². The van der Waals surface area contributed by atoms with Crippen molar-refractivity contribution in [3.8, 4) is 5.75 Å². The number of halogens is 4. The van der Waals surface area contributed by atoms with Crippen molar-refractivity contribution in [2.75, 3.05) is 0 Å². The van der Waals surface area contributed by atoms with Gasteiger partial charge in [-0.25, -0.2) is 5.84 Å². The number of hydrogen-bond donors (Lipinski definition) is 2. The van der Waals surface area contributed by atoms with Crippen LogP contribution in [0.3, 0.4) is 0 Å². The van der Waals surface area contributed by atoms with Gasteiger partial charge in [-0.2, -0.15) is 0 Å². The summed E-state index contributed by atoms with van der Waals surface area (Å²) in [5.41, 5.74) is 3.50. The molecule has 116 valence electrons. The molecule has 2 aromatic carbocycles. The largest absolute Gasteiger partial charge is 0.487 e. The number of benzene rings is 2. The minimum atomic E-state index is -0.341. The van der Waals surface area contributed by atoms with Crippen molar-refractivity contribution < 1.29 is 9.53 Å². The summed E-state index contributed by atoms with van der Waals surface area (Å²) in [6.07, 6.45) is 0. The van der Waals surface area contributed by atoms with E-state index in [-0.39, 0.29) is 5.91 Å². The van der Waals surface area contributed by atoms with E-state index in [0.717, 1.165) is 12.7 Å². The Kier molecular flexibility index (Phi) is 6.57. The van der Waals surface area contributed by atoms with E-state index in [2.05, 4.69) is 50.6 Å². The molecule has 4 nitrogen and oxygen atoms in total. The maximum Gasteiger partial charge on any atom is 0.265 e. The van der Waals surface area contributed by atoms with Gasteiger partial charge in [0.25, 0.3) is 5.91 Å². The second-order valence-electron chi connectivity index (χ2n) is 4.28. The van der Waals surface area contributed by atoms with Crippen LogP contribution in [0.4, 0.5) is 0 Å². The molecule has 0 aliphatic carbocycles. The van der Waals surface area contributed by atoms with Gasteiger partial charge in [-0.3, -0.25) is 10.2 Å². The van der Waals surface area contributed by atoms with E-state index in [0.29, 0.717) is 28.0 Å². The van der Waals surface area contributed by atoms with Crippen molar-refractivity contribution in [3.63, 3.8) is 0 Å². The number of hydrogen-bond acceptors (Lipinski definition) is 3. The molecule has 0 fully saturated rings. The molecule has 0 spiro atoms. The van der Waals surface area contributed by atoms with E-state index in [1.54, 1.807) is 24.3 Å². The Labute approximate surface area is 164 Å². The molecule has 0 unspecified atom stereocenters. The lowest BCUT2D eigenvalue weighted by Gasteiger charge is -2.12. The third-order valence-electron chi connectivity index (χ3n) is 2.76. The van der Waals surface area contributed by atoms with Crippen LogP contribution in [0.25, 0.3) is 0 Å². The third kappa shape index (κ3) is 4.38. The lowest BCUT2D eigenvalue weighted by atomic mass is 10.2. The summed E-state index contributed by atoms with van der Waals surface area (Å²) in [6.45, 7) is 0.353. The molecular weight excluding hydrogens is 553 g/mol.